The van der Waals surface area contributed by atoms with Crippen LogP contribution in [0.5, 0.6) is 0 Å². The Labute approximate surface area is 187 Å². The number of alkyl halides is 3. The summed E-state index contributed by atoms with van der Waals surface area (Å²) in [6.45, 7) is 1.39. The van der Waals surface area contributed by atoms with E-state index in [-0.39, 0.29) is 16.8 Å². The maximum absolute atomic E-state index is 14.1. The van der Waals surface area contributed by atoms with Crippen molar-refractivity contribution < 1.29 is 27.2 Å². The summed E-state index contributed by atoms with van der Waals surface area (Å²) in [5.74, 6) is -2.79. The number of amides is 2. The zero-order valence-electron chi connectivity index (χ0n) is 17.5. The van der Waals surface area contributed by atoms with Crippen LogP contribution >= 0.6 is 0 Å². The molecule has 5 nitrogen and oxygen atoms in total. The molecule has 172 valence electrons. The number of rotatable bonds is 6. The van der Waals surface area contributed by atoms with Crippen LogP contribution in [0.15, 0.2) is 72.8 Å². The number of benzene rings is 3. The van der Waals surface area contributed by atoms with Crippen molar-refractivity contribution in [3.05, 3.63) is 101 Å². The molecule has 0 aliphatic heterocycles. The molecular weight excluding hydrogens is 438 g/mol. The van der Waals surface area contributed by atoms with Crippen LogP contribution in [-0.4, -0.2) is 16.7 Å². The SMILES string of the molecule is C[C@H](c1cc(F)cc(C(F)(F)F)c1)N(C(=O)c1ccccc1N)[C@@H](C(N)=O)c1ccccc1. The molecule has 0 aliphatic carbocycles. The first-order valence-electron chi connectivity index (χ1n) is 9.89. The van der Waals surface area contributed by atoms with Gasteiger partial charge in [-0.05, 0) is 48.4 Å². The zero-order chi connectivity index (χ0) is 24.3. The van der Waals surface area contributed by atoms with Crippen LogP contribution in [0.1, 0.15) is 46.1 Å². The predicted octanol–water partition coefficient (Wildman–Crippen LogP) is 4.86. The minimum absolute atomic E-state index is 0.0268. The largest absolute Gasteiger partial charge is 0.416 e. The quantitative estimate of drug-likeness (QED) is 0.408. The summed E-state index contributed by atoms with van der Waals surface area (Å²) in [6, 6.07) is 13.6. The highest BCUT2D eigenvalue weighted by Crippen LogP contribution is 2.37. The molecule has 33 heavy (non-hydrogen) atoms. The van der Waals surface area contributed by atoms with Crippen LogP contribution in [-0.2, 0) is 11.0 Å². The maximum atomic E-state index is 14.1. The van der Waals surface area contributed by atoms with Gasteiger partial charge in [-0.2, -0.15) is 13.2 Å². The fraction of sp³-hybridized carbons (Fsp3) is 0.167. The number of primary amides is 1. The fourth-order valence-electron chi connectivity index (χ4n) is 3.62. The molecule has 2 atom stereocenters. The third-order valence-electron chi connectivity index (χ3n) is 5.24. The van der Waals surface area contributed by atoms with E-state index in [1.54, 1.807) is 42.5 Å². The van der Waals surface area contributed by atoms with Crippen molar-refractivity contribution in [2.75, 3.05) is 5.73 Å². The Kier molecular flexibility index (Phi) is 6.71. The number of nitrogens with zero attached hydrogens (tertiary/aromatic N) is 1. The molecule has 9 heteroatoms. The number of anilines is 1. The summed E-state index contributed by atoms with van der Waals surface area (Å²) in [6.07, 6.45) is -4.81. The molecule has 3 rings (SSSR count). The van der Waals surface area contributed by atoms with Gasteiger partial charge >= 0.3 is 6.18 Å². The molecule has 0 bridgehead atoms. The third-order valence-corrected chi connectivity index (χ3v) is 5.24. The van der Waals surface area contributed by atoms with E-state index in [9.17, 15) is 27.2 Å². The number of carbonyl (C=O) groups is 2. The molecule has 0 saturated heterocycles. The number of nitrogen functional groups attached to an aromatic ring is 1. The summed E-state index contributed by atoms with van der Waals surface area (Å²) in [5.41, 5.74) is 10.7. The predicted molar refractivity (Wildman–Crippen MR) is 115 cm³/mol. The molecule has 0 spiro atoms. The molecule has 0 radical (unpaired) electrons. The number of hydrogen-bond donors (Lipinski definition) is 2. The van der Waals surface area contributed by atoms with Crippen molar-refractivity contribution in [2.45, 2.75) is 25.2 Å². The highest BCUT2D eigenvalue weighted by molar-refractivity contribution is 6.01. The minimum Gasteiger partial charge on any atom is -0.398 e. The first-order chi connectivity index (χ1) is 15.5. The Hall–Kier alpha value is -3.88. The number of hydrogen-bond acceptors (Lipinski definition) is 3. The van der Waals surface area contributed by atoms with Crippen molar-refractivity contribution in [1.82, 2.24) is 4.90 Å². The van der Waals surface area contributed by atoms with Gasteiger partial charge in [-0.1, -0.05) is 42.5 Å². The zero-order valence-corrected chi connectivity index (χ0v) is 17.5. The van der Waals surface area contributed by atoms with Gasteiger partial charge in [0.05, 0.1) is 17.2 Å². The summed E-state index contributed by atoms with van der Waals surface area (Å²) in [5, 5.41) is 0. The van der Waals surface area contributed by atoms with Crippen LogP contribution in [0.3, 0.4) is 0 Å². The molecule has 0 unspecified atom stereocenters. The molecule has 0 fully saturated rings. The Morgan fingerprint density at radius 2 is 1.52 bits per heavy atom. The summed E-state index contributed by atoms with van der Waals surface area (Å²) >= 11 is 0. The van der Waals surface area contributed by atoms with Gasteiger partial charge in [0, 0.05) is 5.69 Å². The van der Waals surface area contributed by atoms with Gasteiger partial charge in [0.2, 0.25) is 5.91 Å². The number of para-hydroxylation sites is 1. The van der Waals surface area contributed by atoms with Crippen LogP contribution in [0.4, 0.5) is 23.2 Å². The lowest BCUT2D eigenvalue weighted by Crippen LogP contribution is -2.43. The Morgan fingerprint density at radius 1 is 0.909 bits per heavy atom. The van der Waals surface area contributed by atoms with E-state index in [2.05, 4.69) is 0 Å². The van der Waals surface area contributed by atoms with Crippen molar-refractivity contribution >= 4 is 17.5 Å². The molecule has 0 heterocycles. The van der Waals surface area contributed by atoms with E-state index in [0.29, 0.717) is 11.6 Å². The molecule has 4 N–H and O–H groups in total. The van der Waals surface area contributed by atoms with Crippen LogP contribution in [0.2, 0.25) is 0 Å². The standard InChI is InChI=1S/C24H21F4N3O2/c1-14(16-11-17(24(26,27)28)13-18(25)12-16)31(23(33)19-9-5-6-10-20(19)29)21(22(30)32)15-7-3-2-4-8-15/h2-14,21H,29H2,1H3,(H2,30,32)/t14-,21-/m1/s1. The highest BCUT2D eigenvalue weighted by atomic mass is 19.4. The second-order valence-corrected chi connectivity index (χ2v) is 7.46. The first-order valence-corrected chi connectivity index (χ1v) is 9.89. The molecule has 2 amide bonds. The topological polar surface area (TPSA) is 89.4 Å². The Morgan fingerprint density at radius 3 is 2.09 bits per heavy atom. The van der Waals surface area contributed by atoms with Gasteiger partial charge in [-0.3, -0.25) is 9.59 Å². The second-order valence-electron chi connectivity index (χ2n) is 7.46. The minimum atomic E-state index is -4.81. The number of nitrogens with two attached hydrogens (primary N) is 2. The number of halogens is 4. The van der Waals surface area contributed by atoms with Crippen LogP contribution in [0, 0.1) is 5.82 Å². The van der Waals surface area contributed by atoms with E-state index in [0.717, 1.165) is 17.0 Å². The summed E-state index contributed by atoms with van der Waals surface area (Å²) < 4.78 is 54.0. The van der Waals surface area contributed by atoms with Gasteiger partial charge in [0.25, 0.3) is 5.91 Å². The normalized spacial score (nSPS) is 13.2. The first kappa shape index (κ1) is 23.8. The number of carbonyl (C=O) groups excluding carboxylic acids is 2. The van der Waals surface area contributed by atoms with Crippen molar-refractivity contribution in [1.29, 1.82) is 0 Å². The Bertz CT molecular complexity index is 1170. The van der Waals surface area contributed by atoms with Crippen molar-refractivity contribution in [3.8, 4) is 0 Å². The van der Waals surface area contributed by atoms with E-state index in [1.807, 2.05) is 0 Å². The summed E-state index contributed by atoms with van der Waals surface area (Å²) in [4.78, 5) is 27.1. The van der Waals surface area contributed by atoms with Crippen LogP contribution < -0.4 is 11.5 Å². The average Bonchev–Trinajstić information content (AvgIpc) is 2.76. The van der Waals surface area contributed by atoms with Crippen molar-refractivity contribution in [3.63, 3.8) is 0 Å². The third kappa shape index (κ3) is 5.14. The Balaban J connectivity index is 2.21. The molecule has 0 saturated carbocycles. The molecule has 0 aliphatic rings. The van der Waals surface area contributed by atoms with Crippen LogP contribution in [0.25, 0.3) is 0 Å². The molecule has 3 aromatic carbocycles. The lowest BCUT2D eigenvalue weighted by atomic mass is 9.96. The van der Waals surface area contributed by atoms with E-state index in [1.165, 1.54) is 19.1 Å². The fourth-order valence-corrected chi connectivity index (χ4v) is 3.62. The van der Waals surface area contributed by atoms with Gasteiger partial charge in [0.15, 0.2) is 0 Å². The lowest BCUT2D eigenvalue weighted by molar-refractivity contribution is -0.138. The van der Waals surface area contributed by atoms with Gasteiger partial charge in [-0.25, -0.2) is 4.39 Å². The lowest BCUT2D eigenvalue weighted by Gasteiger charge is -2.36. The van der Waals surface area contributed by atoms with Gasteiger partial charge < -0.3 is 16.4 Å². The van der Waals surface area contributed by atoms with Gasteiger partial charge in [-0.15, -0.1) is 0 Å². The highest BCUT2D eigenvalue weighted by Gasteiger charge is 2.37. The van der Waals surface area contributed by atoms with E-state index in [4.69, 9.17) is 11.5 Å². The maximum Gasteiger partial charge on any atom is 0.416 e. The second kappa shape index (κ2) is 9.32. The van der Waals surface area contributed by atoms with Gasteiger partial charge in [0.1, 0.15) is 11.9 Å². The van der Waals surface area contributed by atoms with E-state index < -0.39 is 41.5 Å². The monoisotopic (exact) mass is 459 g/mol. The average molecular weight is 459 g/mol. The molecule has 0 aromatic heterocycles. The molecule has 3 aromatic rings. The molecular formula is C24H21F4N3O2. The summed E-state index contributed by atoms with van der Waals surface area (Å²) in [7, 11) is 0. The van der Waals surface area contributed by atoms with Crippen molar-refractivity contribution in [2.24, 2.45) is 5.73 Å². The van der Waals surface area contributed by atoms with E-state index >= 15 is 0 Å². The smallest absolute Gasteiger partial charge is 0.398 e.